The Labute approximate surface area is 75.6 Å². The van der Waals surface area contributed by atoms with Gasteiger partial charge in [0.25, 0.3) is 0 Å². The Morgan fingerprint density at radius 1 is 1.25 bits per heavy atom. The van der Waals surface area contributed by atoms with Crippen LogP contribution in [-0.2, 0) is 5.11 Å². The normalized spacial score (nSPS) is 18.2. The minimum Gasteiger partial charge on any atom is -0.393 e. The number of aliphatic hydroxyl groups excluding tert-OH is 1. The molecule has 1 radical (unpaired) electrons. The molecule has 0 heterocycles. The summed E-state index contributed by atoms with van der Waals surface area (Å²) in [6.45, 7) is 2.11. The molecule has 1 rings (SSSR count). The summed E-state index contributed by atoms with van der Waals surface area (Å²) in [5.74, 6) is 0. The van der Waals surface area contributed by atoms with E-state index in [2.05, 4.69) is 0 Å². The van der Waals surface area contributed by atoms with Crippen LogP contribution in [0, 0.1) is 0 Å². The van der Waals surface area contributed by atoms with Crippen molar-refractivity contribution in [2.24, 2.45) is 0 Å². The van der Waals surface area contributed by atoms with E-state index in [0.29, 0.717) is 0 Å². The van der Waals surface area contributed by atoms with Crippen molar-refractivity contribution in [1.29, 1.82) is 0 Å². The van der Waals surface area contributed by atoms with Crippen LogP contribution in [0.4, 0.5) is 0 Å². The second kappa shape index (κ2) is 9.01. The summed E-state index contributed by atoms with van der Waals surface area (Å²) in [6, 6.07) is 0. The summed E-state index contributed by atoms with van der Waals surface area (Å²) < 4.78 is 0. The van der Waals surface area contributed by atoms with Gasteiger partial charge in [-0.05, 0) is 19.3 Å². The SMILES string of the molecule is CCCC[O].OC1CCCCC1. The Kier molecular flexibility index (Phi) is 8.95. The van der Waals surface area contributed by atoms with Crippen LogP contribution in [0.3, 0.4) is 0 Å². The summed E-state index contributed by atoms with van der Waals surface area (Å²) in [5.41, 5.74) is 0. The molecular formula is C10H21O2. The second-order valence-electron chi connectivity index (χ2n) is 3.35. The molecule has 1 N–H and O–H groups in total. The molecule has 73 valence electrons. The van der Waals surface area contributed by atoms with Crippen molar-refractivity contribution in [3.8, 4) is 0 Å². The maximum atomic E-state index is 9.53. The van der Waals surface area contributed by atoms with E-state index in [1.54, 1.807) is 0 Å². The third-order valence-corrected chi connectivity index (χ3v) is 2.07. The zero-order valence-electron chi connectivity index (χ0n) is 8.09. The lowest BCUT2D eigenvalue weighted by Gasteiger charge is -2.14. The highest BCUT2D eigenvalue weighted by atomic mass is 16.3. The van der Waals surface area contributed by atoms with Crippen molar-refractivity contribution >= 4 is 0 Å². The lowest BCUT2D eigenvalue weighted by atomic mass is 9.98. The quantitative estimate of drug-likeness (QED) is 0.684. The van der Waals surface area contributed by atoms with Crippen molar-refractivity contribution in [3.05, 3.63) is 0 Å². The third-order valence-electron chi connectivity index (χ3n) is 2.07. The zero-order valence-corrected chi connectivity index (χ0v) is 8.09. The summed E-state index contributed by atoms with van der Waals surface area (Å²) >= 11 is 0. The molecule has 2 nitrogen and oxygen atoms in total. The van der Waals surface area contributed by atoms with Crippen LogP contribution in [0.25, 0.3) is 0 Å². The summed E-state index contributed by atoms with van der Waals surface area (Å²) in [4.78, 5) is 0. The molecule has 0 amide bonds. The first-order valence-corrected chi connectivity index (χ1v) is 5.07. The molecule has 2 heteroatoms. The second-order valence-corrected chi connectivity index (χ2v) is 3.35. The average molecular weight is 173 g/mol. The van der Waals surface area contributed by atoms with Crippen molar-refractivity contribution in [2.45, 2.75) is 58.0 Å². The molecule has 0 atom stereocenters. The van der Waals surface area contributed by atoms with Gasteiger partial charge in [-0.1, -0.05) is 32.6 Å². The van der Waals surface area contributed by atoms with E-state index in [1.165, 1.54) is 19.3 Å². The smallest absolute Gasteiger partial charge is 0.0822 e. The minimum atomic E-state index is 0.0359. The molecule has 1 aliphatic rings. The van der Waals surface area contributed by atoms with Gasteiger partial charge in [-0.15, -0.1) is 0 Å². The van der Waals surface area contributed by atoms with Crippen LogP contribution in [0.5, 0.6) is 0 Å². The minimum absolute atomic E-state index is 0.0359. The molecule has 0 aromatic carbocycles. The molecule has 12 heavy (non-hydrogen) atoms. The Balaban J connectivity index is 0.000000217. The molecule has 0 bridgehead atoms. The Morgan fingerprint density at radius 3 is 2.00 bits per heavy atom. The van der Waals surface area contributed by atoms with Crippen LogP contribution in [-0.4, -0.2) is 17.8 Å². The fourth-order valence-corrected chi connectivity index (χ4v) is 1.23. The van der Waals surface area contributed by atoms with Gasteiger partial charge in [-0.25, -0.2) is 5.11 Å². The number of hydrogen-bond donors (Lipinski definition) is 1. The van der Waals surface area contributed by atoms with E-state index >= 15 is 0 Å². The van der Waals surface area contributed by atoms with Crippen LogP contribution in [0.2, 0.25) is 0 Å². The lowest BCUT2D eigenvalue weighted by Crippen LogP contribution is -2.09. The fourth-order valence-electron chi connectivity index (χ4n) is 1.23. The number of hydrogen-bond acceptors (Lipinski definition) is 1. The first kappa shape index (κ1) is 11.9. The predicted molar refractivity (Wildman–Crippen MR) is 49.6 cm³/mol. The predicted octanol–water partition coefficient (Wildman–Crippen LogP) is 2.53. The van der Waals surface area contributed by atoms with Gasteiger partial charge in [0.15, 0.2) is 0 Å². The molecule has 0 unspecified atom stereocenters. The van der Waals surface area contributed by atoms with Crippen LogP contribution >= 0.6 is 0 Å². The summed E-state index contributed by atoms with van der Waals surface area (Å²) in [5, 5.41) is 18.4. The van der Waals surface area contributed by atoms with E-state index < -0.39 is 0 Å². The van der Waals surface area contributed by atoms with Gasteiger partial charge in [0.1, 0.15) is 0 Å². The number of rotatable bonds is 2. The fraction of sp³-hybridized carbons (Fsp3) is 1.00. The van der Waals surface area contributed by atoms with E-state index in [4.69, 9.17) is 5.11 Å². The summed E-state index contributed by atoms with van der Waals surface area (Å²) in [7, 11) is 0. The molecule has 0 aromatic heterocycles. The molecular weight excluding hydrogens is 152 g/mol. The topological polar surface area (TPSA) is 40.1 Å². The lowest BCUT2D eigenvalue weighted by molar-refractivity contribution is 0.130. The van der Waals surface area contributed by atoms with Crippen LogP contribution in [0.15, 0.2) is 0 Å². The van der Waals surface area contributed by atoms with E-state index in [0.717, 1.165) is 25.7 Å². The highest BCUT2D eigenvalue weighted by molar-refractivity contribution is 4.61. The van der Waals surface area contributed by atoms with E-state index in [-0.39, 0.29) is 12.7 Å². The standard InChI is InChI=1S/C6H12O.C4H9O/c7-6-4-2-1-3-5-6;1-2-3-4-5/h6-7H,1-5H2;2-4H2,1H3. The Morgan fingerprint density at radius 2 is 1.83 bits per heavy atom. The van der Waals surface area contributed by atoms with Gasteiger partial charge in [-0.2, -0.15) is 0 Å². The van der Waals surface area contributed by atoms with Gasteiger partial charge in [0.2, 0.25) is 0 Å². The molecule has 1 aliphatic carbocycles. The van der Waals surface area contributed by atoms with Gasteiger partial charge < -0.3 is 5.11 Å². The highest BCUT2D eigenvalue weighted by Gasteiger charge is 2.07. The van der Waals surface area contributed by atoms with Crippen LogP contribution < -0.4 is 0 Å². The molecule has 0 aliphatic heterocycles. The number of aliphatic hydroxyl groups is 1. The third kappa shape index (κ3) is 8.02. The molecule has 0 aromatic rings. The Bertz CT molecular complexity index is 75.9. The van der Waals surface area contributed by atoms with Gasteiger partial charge in [-0.3, -0.25) is 0 Å². The van der Waals surface area contributed by atoms with E-state index in [1.807, 2.05) is 6.92 Å². The van der Waals surface area contributed by atoms with Crippen LogP contribution in [0.1, 0.15) is 51.9 Å². The molecule has 1 saturated carbocycles. The van der Waals surface area contributed by atoms with E-state index in [9.17, 15) is 5.11 Å². The zero-order chi connectivity index (χ0) is 9.23. The van der Waals surface area contributed by atoms with Crippen molar-refractivity contribution in [3.63, 3.8) is 0 Å². The first-order chi connectivity index (χ1) is 5.81. The number of unbranched alkanes of at least 4 members (excludes halogenated alkanes) is 1. The van der Waals surface area contributed by atoms with Crippen molar-refractivity contribution in [2.75, 3.05) is 6.61 Å². The molecule has 0 saturated heterocycles. The van der Waals surface area contributed by atoms with Crippen molar-refractivity contribution < 1.29 is 10.2 Å². The maximum absolute atomic E-state index is 9.53. The molecule has 0 spiro atoms. The summed E-state index contributed by atoms with van der Waals surface area (Å²) in [6.07, 6.45) is 7.79. The largest absolute Gasteiger partial charge is 0.393 e. The van der Waals surface area contributed by atoms with Gasteiger partial charge in [0, 0.05) is 0 Å². The Hall–Kier alpha value is -0.0800. The van der Waals surface area contributed by atoms with Crippen molar-refractivity contribution in [1.82, 2.24) is 0 Å². The highest BCUT2D eigenvalue weighted by Crippen LogP contribution is 2.16. The maximum Gasteiger partial charge on any atom is 0.0822 e. The first-order valence-electron chi connectivity index (χ1n) is 5.07. The monoisotopic (exact) mass is 173 g/mol. The molecule has 1 fully saturated rings. The average Bonchev–Trinajstić information content (AvgIpc) is 2.08. The van der Waals surface area contributed by atoms with Gasteiger partial charge in [0.05, 0.1) is 12.7 Å². The van der Waals surface area contributed by atoms with Gasteiger partial charge >= 0.3 is 0 Å².